The number of aromatic nitrogens is 3. The van der Waals surface area contributed by atoms with Crippen LogP contribution in [0.5, 0.6) is 0 Å². The molecule has 4 aromatic rings. The lowest BCUT2D eigenvalue weighted by molar-refractivity contribution is -0.118. The van der Waals surface area contributed by atoms with Crippen LogP contribution in [0.4, 0.5) is 0 Å². The summed E-state index contributed by atoms with van der Waals surface area (Å²) in [5.41, 5.74) is 5.31. The van der Waals surface area contributed by atoms with Crippen molar-refractivity contribution < 1.29 is 4.79 Å². The molecule has 1 heterocycles. The van der Waals surface area contributed by atoms with Crippen LogP contribution in [0, 0.1) is 13.8 Å². The summed E-state index contributed by atoms with van der Waals surface area (Å²) in [6.07, 6.45) is 0. The van der Waals surface area contributed by atoms with Gasteiger partial charge in [0.15, 0.2) is 11.0 Å². The van der Waals surface area contributed by atoms with Crippen molar-refractivity contribution in [3.63, 3.8) is 0 Å². The summed E-state index contributed by atoms with van der Waals surface area (Å²) in [5, 5.41) is 13.1. The standard InChI is InChI=1S/C25H23ClN4OS/c1-17-8-13-22(14-18(17)2)30-24(20-9-11-21(26)12-10-20)28-29-25(30)32-16-23(31)27-15-19-6-4-3-5-7-19/h3-14H,15-16H2,1-2H3,(H,27,31). The van der Waals surface area contributed by atoms with Crippen LogP contribution < -0.4 is 5.32 Å². The number of aryl methyl sites for hydroxylation is 2. The van der Waals surface area contributed by atoms with E-state index in [1.807, 2.05) is 65.2 Å². The molecular weight excluding hydrogens is 440 g/mol. The Balaban J connectivity index is 1.58. The molecule has 1 N–H and O–H groups in total. The Bertz CT molecular complexity index is 1220. The molecule has 5 nitrogen and oxygen atoms in total. The fraction of sp³-hybridized carbons (Fsp3) is 0.160. The van der Waals surface area contributed by atoms with Gasteiger partial charge < -0.3 is 5.32 Å². The highest BCUT2D eigenvalue weighted by Crippen LogP contribution is 2.29. The maximum absolute atomic E-state index is 12.4. The van der Waals surface area contributed by atoms with Gasteiger partial charge in [0.2, 0.25) is 5.91 Å². The Labute approximate surface area is 196 Å². The average Bonchev–Trinajstić information content (AvgIpc) is 3.23. The lowest BCUT2D eigenvalue weighted by atomic mass is 10.1. The van der Waals surface area contributed by atoms with Gasteiger partial charge in [0, 0.05) is 17.1 Å². The maximum atomic E-state index is 12.4. The smallest absolute Gasteiger partial charge is 0.230 e. The molecule has 0 saturated heterocycles. The predicted molar refractivity (Wildman–Crippen MR) is 130 cm³/mol. The van der Waals surface area contributed by atoms with E-state index in [2.05, 4.69) is 41.5 Å². The number of carbonyl (C=O) groups excluding carboxylic acids is 1. The van der Waals surface area contributed by atoms with E-state index >= 15 is 0 Å². The molecule has 0 fully saturated rings. The summed E-state index contributed by atoms with van der Waals surface area (Å²) in [4.78, 5) is 12.4. The van der Waals surface area contributed by atoms with Crippen molar-refractivity contribution in [1.82, 2.24) is 20.1 Å². The van der Waals surface area contributed by atoms with Crippen molar-refractivity contribution >= 4 is 29.3 Å². The van der Waals surface area contributed by atoms with Gasteiger partial charge in [-0.3, -0.25) is 9.36 Å². The Morgan fingerprint density at radius 3 is 2.44 bits per heavy atom. The monoisotopic (exact) mass is 462 g/mol. The second-order valence-corrected chi connectivity index (χ2v) is 8.85. The predicted octanol–water partition coefficient (Wildman–Crippen LogP) is 5.61. The highest BCUT2D eigenvalue weighted by Gasteiger charge is 2.18. The summed E-state index contributed by atoms with van der Waals surface area (Å²) in [7, 11) is 0. The minimum Gasteiger partial charge on any atom is -0.351 e. The normalized spacial score (nSPS) is 10.8. The molecule has 0 atom stereocenters. The van der Waals surface area contributed by atoms with Gasteiger partial charge in [-0.15, -0.1) is 10.2 Å². The summed E-state index contributed by atoms with van der Waals surface area (Å²) in [6.45, 7) is 4.66. The van der Waals surface area contributed by atoms with E-state index in [4.69, 9.17) is 11.6 Å². The summed E-state index contributed by atoms with van der Waals surface area (Å²) >= 11 is 7.43. The number of nitrogens with zero attached hydrogens (tertiary/aromatic N) is 3. The minimum absolute atomic E-state index is 0.0541. The number of hydrogen-bond donors (Lipinski definition) is 1. The molecule has 0 unspecified atom stereocenters. The number of benzene rings is 3. The third kappa shape index (κ3) is 5.21. The zero-order chi connectivity index (χ0) is 22.5. The highest BCUT2D eigenvalue weighted by molar-refractivity contribution is 7.99. The maximum Gasteiger partial charge on any atom is 0.230 e. The van der Waals surface area contributed by atoms with E-state index in [1.54, 1.807) is 0 Å². The molecule has 0 bridgehead atoms. The number of thioether (sulfide) groups is 1. The molecule has 0 saturated carbocycles. The van der Waals surface area contributed by atoms with Crippen molar-refractivity contribution in [3.8, 4) is 17.1 Å². The quantitative estimate of drug-likeness (QED) is 0.362. The Morgan fingerprint density at radius 1 is 0.969 bits per heavy atom. The molecule has 4 rings (SSSR count). The summed E-state index contributed by atoms with van der Waals surface area (Å²) in [5.74, 6) is 0.898. The lowest BCUT2D eigenvalue weighted by Crippen LogP contribution is -2.24. The zero-order valence-electron chi connectivity index (χ0n) is 17.9. The van der Waals surface area contributed by atoms with Crippen LogP contribution in [0.25, 0.3) is 17.1 Å². The van der Waals surface area contributed by atoms with Crippen molar-refractivity contribution in [3.05, 3.63) is 94.5 Å². The first kappa shape index (κ1) is 22.1. The number of rotatable bonds is 7. The van der Waals surface area contributed by atoms with E-state index in [-0.39, 0.29) is 11.7 Å². The van der Waals surface area contributed by atoms with Crippen molar-refractivity contribution in [2.24, 2.45) is 0 Å². The summed E-state index contributed by atoms with van der Waals surface area (Å²) in [6, 6.07) is 23.6. The number of halogens is 1. The van der Waals surface area contributed by atoms with Gasteiger partial charge in [-0.1, -0.05) is 59.8 Å². The SMILES string of the molecule is Cc1ccc(-n2c(SCC(=O)NCc3ccccc3)nnc2-c2ccc(Cl)cc2)cc1C. The Kier molecular flexibility index (Phi) is 6.93. The van der Waals surface area contributed by atoms with Crippen LogP contribution in [0.3, 0.4) is 0 Å². The van der Waals surface area contributed by atoms with E-state index in [0.29, 0.717) is 22.5 Å². The van der Waals surface area contributed by atoms with Crippen LogP contribution in [0.15, 0.2) is 78.0 Å². The molecule has 0 aliphatic heterocycles. The van der Waals surface area contributed by atoms with Crippen LogP contribution in [-0.4, -0.2) is 26.4 Å². The minimum atomic E-state index is -0.0541. The van der Waals surface area contributed by atoms with Gasteiger partial charge in [0.05, 0.1) is 11.4 Å². The molecule has 162 valence electrons. The third-order valence-electron chi connectivity index (χ3n) is 5.15. The molecule has 1 aromatic heterocycles. The highest BCUT2D eigenvalue weighted by atomic mass is 35.5. The molecule has 3 aromatic carbocycles. The number of amides is 1. The first-order valence-corrected chi connectivity index (χ1v) is 11.6. The topological polar surface area (TPSA) is 59.8 Å². The summed E-state index contributed by atoms with van der Waals surface area (Å²) < 4.78 is 1.99. The van der Waals surface area contributed by atoms with Crippen LogP contribution >= 0.6 is 23.4 Å². The molecule has 0 spiro atoms. The van der Waals surface area contributed by atoms with Gasteiger partial charge in [-0.05, 0) is 66.9 Å². The van der Waals surface area contributed by atoms with Gasteiger partial charge in [-0.25, -0.2) is 0 Å². The molecule has 0 aliphatic rings. The van der Waals surface area contributed by atoms with Crippen LogP contribution in [0.1, 0.15) is 16.7 Å². The van der Waals surface area contributed by atoms with Crippen molar-refractivity contribution in [2.45, 2.75) is 25.5 Å². The van der Waals surface area contributed by atoms with Gasteiger partial charge in [-0.2, -0.15) is 0 Å². The molecular formula is C25H23ClN4OS. The lowest BCUT2D eigenvalue weighted by Gasteiger charge is -2.12. The van der Waals surface area contributed by atoms with E-state index < -0.39 is 0 Å². The van der Waals surface area contributed by atoms with Crippen molar-refractivity contribution in [1.29, 1.82) is 0 Å². The van der Waals surface area contributed by atoms with E-state index in [0.717, 1.165) is 16.8 Å². The van der Waals surface area contributed by atoms with Gasteiger partial charge in [0.25, 0.3) is 0 Å². The van der Waals surface area contributed by atoms with Crippen molar-refractivity contribution in [2.75, 3.05) is 5.75 Å². The van der Waals surface area contributed by atoms with E-state index in [9.17, 15) is 4.79 Å². The van der Waals surface area contributed by atoms with E-state index in [1.165, 1.54) is 22.9 Å². The Morgan fingerprint density at radius 2 is 1.72 bits per heavy atom. The Hall–Kier alpha value is -3.09. The zero-order valence-corrected chi connectivity index (χ0v) is 19.5. The number of carbonyl (C=O) groups is 1. The molecule has 0 aliphatic carbocycles. The number of hydrogen-bond acceptors (Lipinski definition) is 4. The fourth-order valence-electron chi connectivity index (χ4n) is 3.22. The van der Waals surface area contributed by atoms with Gasteiger partial charge >= 0.3 is 0 Å². The fourth-order valence-corrected chi connectivity index (χ4v) is 4.13. The first-order chi connectivity index (χ1) is 15.5. The van der Waals surface area contributed by atoms with Crippen LogP contribution in [-0.2, 0) is 11.3 Å². The third-order valence-corrected chi connectivity index (χ3v) is 6.33. The molecule has 1 amide bonds. The van der Waals surface area contributed by atoms with Gasteiger partial charge in [0.1, 0.15) is 0 Å². The first-order valence-electron chi connectivity index (χ1n) is 10.2. The number of nitrogens with one attached hydrogen (secondary N) is 1. The average molecular weight is 463 g/mol. The largest absolute Gasteiger partial charge is 0.351 e. The second-order valence-electron chi connectivity index (χ2n) is 7.47. The van der Waals surface area contributed by atoms with Crippen LogP contribution in [0.2, 0.25) is 5.02 Å². The molecule has 7 heteroatoms. The second kappa shape index (κ2) is 10.0. The molecule has 0 radical (unpaired) electrons. The molecule has 32 heavy (non-hydrogen) atoms.